The van der Waals surface area contributed by atoms with E-state index in [-0.39, 0.29) is 36.7 Å². The molecule has 0 amide bonds. The number of aldehydes is 1. The van der Waals surface area contributed by atoms with E-state index >= 15 is 0 Å². The summed E-state index contributed by atoms with van der Waals surface area (Å²) in [6, 6.07) is 0. The molecule has 0 N–H and O–H groups in total. The molecule has 7 heteroatoms. The monoisotopic (exact) mass is 390 g/mol. The number of ketones is 2. The highest BCUT2D eigenvalue weighted by Gasteiger charge is 2.72. The molecule has 4 rings (SSSR count). The van der Waals surface area contributed by atoms with E-state index in [0.29, 0.717) is 31.6 Å². The minimum Gasteiger partial charge on any atom is -0.468 e. The molecule has 7 nitrogen and oxygen atoms in total. The van der Waals surface area contributed by atoms with Gasteiger partial charge in [0, 0.05) is 30.3 Å². The molecule has 0 bridgehead atoms. The highest BCUT2D eigenvalue weighted by Crippen LogP contribution is 2.64. The number of fused-ring (bicyclic) bond motifs is 4. The molecule has 1 saturated heterocycles. The summed E-state index contributed by atoms with van der Waals surface area (Å²) in [4.78, 5) is 51.4. The summed E-state index contributed by atoms with van der Waals surface area (Å²) < 4.78 is 16.9. The van der Waals surface area contributed by atoms with Crippen LogP contribution in [0.15, 0.2) is 11.6 Å². The Hall–Kier alpha value is -1.86. The molecular weight excluding hydrogens is 364 g/mol. The first kappa shape index (κ1) is 19.5. The Bertz CT molecular complexity index is 753. The van der Waals surface area contributed by atoms with E-state index in [4.69, 9.17) is 14.2 Å². The van der Waals surface area contributed by atoms with Crippen molar-refractivity contribution in [2.75, 3.05) is 20.3 Å². The van der Waals surface area contributed by atoms with E-state index in [2.05, 4.69) is 0 Å². The lowest BCUT2D eigenvalue weighted by Crippen LogP contribution is -2.66. The van der Waals surface area contributed by atoms with Gasteiger partial charge in [-0.05, 0) is 30.8 Å². The number of carbonyl (C=O) groups excluding carboxylic acids is 4. The zero-order chi connectivity index (χ0) is 20.2. The van der Waals surface area contributed by atoms with Crippen molar-refractivity contribution in [2.45, 2.75) is 51.2 Å². The summed E-state index contributed by atoms with van der Waals surface area (Å²) in [6.07, 6.45) is 4.83. The fourth-order valence-electron chi connectivity index (χ4n) is 6.21. The standard InChI is InChI=1S/C21H26O7/c1-19-13(7-9-22)4-3-5-14(19)21(18(25)26-2)15(12-17(19)24)20(8-6-16(21)23)27-10-11-28-20/h9,12-14H,3-8,10-11H2,1-2H3. The third-order valence-electron chi connectivity index (χ3n) is 7.54. The Kier molecular flexibility index (Phi) is 4.58. The lowest BCUT2D eigenvalue weighted by molar-refractivity contribution is -0.196. The molecule has 0 aromatic carbocycles. The third kappa shape index (κ3) is 2.23. The quantitative estimate of drug-likeness (QED) is 0.412. The van der Waals surface area contributed by atoms with Crippen LogP contribution in [-0.2, 0) is 33.4 Å². The summed E-state index contributed by atoms with van der Waals surface area (Å²) in [5.74, 6) is -3.07. The van der Waals surface area contributed by atoms with Gasteiger partial charge in [0.2, 0.25) is 0 Å². The van der Waals surface area contributed by atoms with Crippen molar-refractivity contribution in [2.24, 2.45) is 22.7 Å². The van der Waals surface area contributed by atoms with Gasteiger partial charge in [0.05, 0.1) is 20.3 Å². The predicted molar refractivity (Wildman–Crippen MR) is 96.0 cm³/mol. The summed E-state index contributed by atoms with van der Waals surface area (Å²) in [5.41, 5.74) is -2.27. The number of carbonyl (C=O) groups is 4. The Balaban J connectivity index is 1.98. The number of Topliss-reactive ketones (excluding diaryl/α,β-unsaturated/α-hetero) is 1. The van der Waals surface area contributed by atoms with Gasteiger partial charge in [0.15, 0.2) is 22.8 Å². The van der Waals surface area contributed by atoms with Gasteiger partial charge in [0.25, 0.3) is 0 Å². The number of ether oxygens (including phenoxy) is 3. The van der Waals surface area contributed by atoms with Gasteiger partial charge in [0.1, 0.15) is 6.29 Å². The van der Waals surface area contributed by atoms with Crippen molar-refractivity contribution >= 4 is 23.8 Å². The van der Waals surface area contributed by atoms with Gasteiger partial charge < -0.3 is 19.0 Å². The highest BCUT2D eigenvalue weighted by molar-refractivity contribution is 6.13. The summed E-state index contributed by atoms with van der Waals surface area (Å²) in [5, 5.41) is 0. The molecule has 28 heavy (non-hydrogen) atoms. The molecule has 0 aromatic rings. The smallest absolute Gasteiger partial charge is 0.324 e. The van der Waals surface area contributed by atoms with E-state index in [1.54, 1.807) is 6.92 Å². The van der Waals surface area contributed by atoms with Crippen molar-refractivity contribution in [3.63, 3.8) is 0 Å². The second-order valence-electron chi connectivity index (χ2n) is 8.46. The Labute approximate surface area is 163 Å². The van der Waals surface area contributed by atoms with Gasteiger partial charge in [-0.1, -0.05) is 13.3 Å². The molecule has 0 aromatic heterocycles. The second-order valence-corrected chi connectivity index (χ2v) is 8.46. The summed E-state index contributed by atoms with van der Waals surface area (Å²) >= 11 is 0. The molecule has 1 spiro atoms. The number of hydrogen-bond acceptors (Lipinski definition) is 7. The first-order chi connectivity index (χ1) is 13.4. The zero-order valence-electron chi connectivity index (χ0n) is 16.3. The molecule has 4 unspecified atom stereocenters. The van der Waals surface area contributed by atoms with Crippen LogP contribution in [-0.4, -0.2) is 49.9 Å². The molecule has 152 valence electrons. The largest absolute Gasteiger partial charge is 0.468 e. The second kappa shape index (κ2) is 6.59. The zero-order valence-corrected chi connectivity index (χ0v) is 16.3. The molecule has 1 heterocycles. The first-order valence-electron chi connectivity index (χ1n) is 9.98. The van der Waals surface area contributed by atoms with Crippen molar-refractivity contribution in [1.82, 2.24) is 0 Å². The van der Waals surface area contributed by atoms with Crippen molar-refractivity contribution in [1.29, 1.82) is 0 Å². The Morgan fingerprint density at radius 1 is 1.29 bits per heavy atom. The maximum absolute atomic E-state index is 13.4. The number of allylic oxidation sites excluding steroid dienone is 1. The SMILES string of the molecule is COC(=O)C12C(=O)CCC3(OCCO3)C1=CC(=O)C1(C)C(CC=O)CCCC21. The number of hydrogen-bond donors (Lipinski definition) is 0. The van der Waals surface area contributed by atoms with Gasteiger partial charge in [-0.2, -0.15) is 0 Å². The van der Waals surface area contributed by atoms with Crippen LogP contribution in [0.1, 0.15) is 45.4 Å². The fourth-order valence-corrected chi connectivity index (χ4v) is 6.21. The number of rotatable bonds is 3. The fraction of sp³-hybridized carbons (Fsp3) is 0.714. The third-order valence-corrected chi connectivity index (χ3v) is 7.54. The Morgan fingerprint density at radius 3 is 2.64 bits per heavy atom. The van der Waals surface area contributed by atoms with E-state index in [0.717, 1.165) is 12.7 Å². The minimum atomic E-state index is -1.60. The number of methoxy groups -OCH3 is 1. The summed E-state index contributed by atoms with van der Waals surface area (Å²) in [6.45, 7) is 2.48. The topological polar surface area (TPSA) is 96.0 Å². The molecule has 3 fully saturated rings. The molecular formula is C21H26O7. The molecule has 1 aliphatic heterocycles. The lowest BCUT2D eigenvalue weighted by atomic mass is 9.43. The molecule has 4 aliphatic rings. The van der Waals surface area contributed by atoms with E-state index in [9.17, 15) is 19.2 Å². The normalized spacial score (nSPS) is 39.1. The van der Waals surface area contributed by atoms with Crippen LogP contribution in [0.3, 0.4) is 0 Å². The highest BCUT2D eigenvalue weighted by atomic mass is 16.7. The van der Waals surface area contributed by atoms with Gasteiger partial charge in [-0.25, -0.2) is 0 Å². The molecule has 3 aliphatic carbocycles. The maximum atomic E-state index is 13.4. The van der Waals surface area contributed by atoms with Gasteiger partial charge >= 0.3 is 5.97 Å². The lowest BCUT2D eigenvalue weighted by Gasteiger charge is -2.58. The van der Waals surface area contributed by atoms with Crippen molar-refractivity contribution in [3.05, 3.63) is 11.6 Å². The average Bonchev–Trinajstić information content (AvgIpc) is 3.16. The molecule has 0 radical (unpaired) electrons. The van der Waals surface area contributed by atoms with E-state index in [1.807, 2.05) is 0 Å². The van der Waals surface area contributed by atoms with Crippen LogP contribution in [0.4, 0.5) is 0 Å². The van der Waals surface area contributed by atoms with Crippen LogP contribution in [0.25, 0.3) is 0 Å². The Morgan fingerprint density at radius 2 is 2.00 bits per heavy atom. The maximum Gasteiger partial charge on any atom is 0.324 e. The molecule has 4 atom stereocenters. The van der Waals surface area contributed by atoms with Crippen LogP contribution in [0.5, 0.6) is 0 Å². The van der Waals surface area contributed by atoms with E-state index in [1.165, 1.54) is 13.2 Å². The van der Waals surface area contributed by atoms with Crippen molar-refractivity contribution in [3.8, 4) is 0 Å². The van der Waals surface area contributed by atoms with Crippen LogP contribution >= 0.6 is 0 Å². The van der Waals surface area contributed by atoms with Crippen LogP contribution in [0.2, 0.25) is 0 Å². The van der Waals surface area contributed by atoms with Gasteiger partial charge in [-0.15, -0.1) is 0 Å². The number of esters is 1. The average molecular weight is 390 g/mol. The summed E-state index contributed by atoms with van der Waals surface area (Å²) in [7, 11) is 1.26. The molecule has 2 saturated carbocycles. The minimum absolute atomic E-state index is 0.117. The van der Waals surface area contributed by atoms with Crippen LogP contribution < -0.4 is 0 Å². The predicted octanol–water partition coefficient (Wildman–Crippen LogP) is 1.77. The van der Waals surface area contributed by atoms with Crippen molar-refractivity contribution < 1.29 is 33.4 Å². The first-order valence-corrected chi connectivity index (χ1v) is 9.98. The van der Waals surface area contributed by atoms with E-state index < -0.39 is 28.5 Å². The van der Waals surface area contributed by atoms with Gasteiger partial charge in [-0.3, -0.25) is 14.4 Å². The van der Waals surface area contributed by atoms with Crippen LogP contribution in [0, 0.1) is 22.7 Å².